The number of aromatic nitrogens is 2. The first-order valence-corrected chi connectivity index (χ1v) is 10.2. The van der Waals surface area contributed by atoms with Gasteiger partial charge in [-0.3, -0.25) is 4.79 Å². The van der Waals surface area contributed by atoms with E-state index >= 15 is 0 Å². The Labute approximate surface area is 166 Å². The molecule has 0 aliphatic carbocycles. The van der Waals surface area contributed by atoms with Gasteiger partial charge in [-0.1, -0.05) is 6.92 Å². The summed E-state index contributed by atoms with van der Waals surface area (Å²) in [6.07, 6.45) is 7.45. The fourth-order valence-corrected chi connectivity index (χ4v) is 5.23. The van der Waals surface area contributed by atoms with Crippen LogP contribution in [-0.4, -0.2) is 44.5 Å². The average Bonchev–Trinajstić information content (AvgIpc) is 3.33. The number of rotatable bonds is 4. The van der Waals surface area contributed by atoms with Crippen LogP contribution in [0.5, 0.6) is 0 Å². The Kier molecular flexibility index (Phi) is 4.68. The van der Waals surface area contributed by atoms with Crippen molar-refractivity contribution in [3.05, 3.63) is 48.3 Å². The topological polar surface area (TPSA) is 41.4 Å². The average molecular weight is 384 g/mol. The Morgan fingerprint density at radius 1 is 1.25 bits per heavy atom. The van der Waals surface area contributed by atoms with Crippen molar-refractivity contribution in [3.8, 4) is 0 Å². The zero-order valence-electron chi connectivity index (χ0n) is 17.0. The fraction of sp³-hybridized carbons (Fsp3) is 0.545. The van der Waals surface area contributed by atoms with Crippen LogP contribution in [0.3, 0.4) is 0 Å². The van der Waals surface area contributed by atoms with E-state index in [0.717, 1.165) is 50.3 Å². The van der Waals surface area contributed by atoms with E-state index in [1.165, 1.54) is 12.1 Å². The molecule has 1 aromatic heterocycles. The van der Waals surface area contributed by atoms with E-state index in [9.17, 15) is 9.18 Å². The predicted molar refractivity (Wildman–Crippen MR) is 108 cm³/mol. The third-order valence-corrected chi connectivity index (χ3v) is 6.40. The molecule has 1 spiro atoms. The molecule has 1 amide bonds. The molecular weight excluding hydrogens is 355 g/mol. The van der Waals surface area contributed by atoms with E-state index in [1.54, 1.807) is 6.20 Å². The molecule has 0 saturated carbocycles. The second kappa shape index (κ2) is 6.90. The van der Waals surface area contributed by atoms with Crippen LogP contribution in [0.25, 0.3) is 0 Å². The number of carbonyl (C=O) groups excluding carboxylic acids is 1. The predicted octanol–water partition coefficient (Wildman–Crippen LogP) is 3.63. The Morgan fingerprint density at radius 2 is 2.00 bits per heavy atom. The van der Waals surface area contributed by atoms with Crippen LogP contribution in [0.4, 0.5) is 10.1 Å². The Hall–Kier alpha value is -2.37. The molecule has 28 heavy (non-hydrogen) atoms. The first-order valence-electron chi connectivity index (χ1n) is 10.2. The number of carbonyl (C=O) groups is 1. The van der Waals surface area contributed by atoms with Gasteiger partial charge >= 0.3 is 0 Å². The monoisotopic (exact) mass is 384 g/mol. The van der Waals surface area contributed by atoms with Gasteiger partial charge in [-0.25, -0.2) is 9.37 Å². The van der Waals surface area contributed by atoms with Crippen LogP contribution in [0.2, 0.25) is 0 Å². The van der Waals surface area contributed by atoms with Crippen LogP contribution < -0.4 is 4.90 Å². The minimum Gasteiger partial charge on any atom is -0.364 e. The van der Waals surface area contributed by atoms with Crippen LogP contribution in [0, 0.1) is 5.82 Å². The van der Waals surface area contributed by atoms with E-state index in [0.29, 0.717) is 6.54 Å². The van der Waals surface area contributed by atoms with Gasteiger partial charge in [0, 0.05) is 43.1 Å². The number of amides is 1. The van der Waals surface area contributed by atoms with Crippen LogP contribution in [0.1, 0.15) is 45.9 Å². The van der Waals surface area contributed by atoms with Gasteiger partial charge in [-0.05, 0) is 57.4 Å². The first kappa shape index (κ1) is 19.0. The molecule has 2 aromatic rings. The summed E-state index contributed by atoms with van der Waals surface area (Å²) in [5.41, 5.74) is 0.775. The standard InChI is InChI=1S/C22H29FN4O/c1-4-19-24-11-13-25(19)14-20(28)26-12-5-10-22(26)15-21(2,3)27(16-22)18-8-6-17(23)7-9-18/h6-9,11,13H,4-5,10,12,14-16H2,1-3H3. The van der Waals surface area contributed by atoms with Crippen LogP contribution in [-0.2, 0) is 17.8 Å². The highest BCUT2D eigenvalue weighted by molar-refractivity contribution is 5.78. The lowest BCUT2D eigenvalue weighted by atomic mass is 9.87. The summed E-state index contributed by atoms with van der Waals surface area (Å²) in [5.74, 6) is 0.892. The van der Waals surface area contributed by atoms with Crippen molar-refractivity contribution in [3.63, 3.8) is 0 Å². The zero-order valence-corrected chi connectivity index (χ0v) is 17.0. The lowest BCUT2D eigenvalue weighted by Crippen LogP contribution is -2.50. The number of hydrogen-bond donors (Lipinski definition) is 0. The normalized spacial score (nSPS) is 23.7. The lowest BCUT2D eigenvalue weighted by molar-refractivity contribution is -0.135. The lowest BCUT2D eigenvalue weighted by Gasteiger charge is -2.35. The molecule has 2 fully saturated rings. The number of hydrogen-bond acceptors (Lipinski definition) is 3. The molecule has 1 atom stereocenters. The minimum atomic E-state index is -0.222. The summed E-state index contributed by atoms with van der Waals surface area (Å²) in [4.78, 5) is 22.0. The van der Waals surface area contributed by atoms with Gasteiger partial charge in [-0.15, -0.1) is 0 Å². The summed E-state index contributed by atoms with van der Waals surface area (Å²) in [5, 5.41) is 0. The minimum absolute atomic E-state index is 0.0930. The van der Waals surface area contributed by atoms with Gasteiger partial charge in [0.2, 0.25) is 5.91 Å². The molecular formula is C22H29FN4O. The number of likely N-dealkylation sites (tertiary alicyclic amines) is 1. The SMILES string of the molecule is CCc1nccn1CC(=O)N1CCCC12CN(c1ccc(F)cc1)C(C)(C)C2. The van der Waals surface area contributed by atoms with E-state index in [2.05, 4.69) is 35.6 Å². The van der Waals surface area contributed by atoms with Gasteiger partial charge in [0.1, 0.15) is 18.2 Å². The number of nitrogens with zero attached hydrogens (tertiary/aromatic N) is 4. The summed E-state index contributed by atoms with van der Waals surface area (Å²) in [7, 11) is 0. The van der Waals surface area contributed by atoms with Gasteiger partial charge in [0.05, 0.1) is 5.54 Å². The maximum absolute atomic E-state index is 13.4. The number of anilines is 1. The summed E-state index contributed by atoms with van der Waals surface area (Å²) in [6, 6.07) is 6.71. The fourth-order valence-electron chi connectivity index (χ4n) is 5.23. The molecule has 3 heterocycles. The first-order chi connectivity index (χ1) is 13.3. The number of benzene rings is 1. The zero-order chi connectivity index (χ0) is 19.9. The summed E-state index contributed by atoms with van der Waals surface area (Å²) >= 11 is 0. The Bertz CT molecular complexity index is 860. The van der Waals surface area contributed by atoms with E-state index in [-0.39, 0.29) is 22.8 Å². The summed E-state index contributed by atoms with van der Waals surface area (Å²) in [6.45, 7) is 8.45. The number of imidazole rings is 1. The van der Waals surface area contributed by atoms with Crippen molar-refractivity contribution < 1.29 is 9.18 Å². The maximum Gasteiger partial charge on any atom is 0.243 e. The van der Waals surface area contributed by atoms with E-state index in [4.69, 9.17) is 0 Å². The molecule has 2 saturated heterocycles. The van der Waals surface area contributed by atoms with E-state index < -0.39 is 0 Å². The highest BCUT2D eigenvalue weighted by Gasteiger charge is 2.54. The van der Waals surface area contributed by atoms with Crippen LogP contribution >= 0.6 is 0 Å². The second-order valence-electron chi connectivity index (χ2n) is 8.75. The Balaban J connectivity index is 1.58. The maximum atomic E-state index is 13.4. The molecule has 1 unspecified atom stereocenters. The summed E-state index contributed by atoms with van der Waals surface area (Å²) < 4.78 is 15.4. The highest BCUT2D eigenvalue weighted by atomic mass is 19.1. The third-order valence-electron chi connectivity index (χ3n) is 6.40. The van der Waals surface area contributed by atoms with Crippen molar-refractivity contribution in [2.45, 2.75) is 64.1 Å². The second-order valence-corrected chi connectivity index (χ2v) is 8.75. The molecule has 5 nitrogen and oxygen atoms in total. The number of aryl methyl sites for hydroxylation is 1. The van der Waals surface area contributed by atoms with Crippen molar-refractivity contribution >= 4 is 11.6 Å². The van der Waals surface area contributed by atoms with Crippen molar-refractivity contribution in [2.75, 3.05) is 18.0 Å². The van der Waals surface area contributed by atoms with Crippen LogP contribution in [0.15, 0.2) is 36.7 Å². The molecule has 1 aromatic carbocycles. The van der Waals surface area contributed by atoms with Crippen molar-refractivity contribution in [1.29, 1.82) is 0 Å². The molecule has 2 aliphatic heterocycles. The largest absolute Gasteiger partial charge is 0.364 e. The van der Waals surface area contributed by atoms with Gasteiger partial charge < -0.3 is 14.4 Å². The van der Waals surface area contributed by atoms with Gasteiger partial charge in [-0.2, -0.15) is 0 Å². The molecule has 0 bridgehead atoms. The smallest absolute Gasteiger partial charge is 0.243 e. The molecule has 2 aliphatic rings. The quantitative estimate of drug-likeness (QED) is 0.808. The van der Waals surface area contributed by atoms with E-state index in [1.807, 2.05) is 22.9 Å². The Morgan fingerprint density at radius 3 is 2.71 bits per heavy atom. The van der Waals surface area contributed by atoms with Crippen molar-refractivity contribution in [2.24, 2.45) is 0 Å². The number of halogens is 1. The third kappa shape index (κ3) is 3.19. The molecule has 0 N–H and O–H groups in total. The molecule has 4 rings (SSSR count). The van der Waals surface area contributed by atoms with Gasteiger partial charge in [0.15, 0.2) is 0 Å². The molecule has 150 valence electrons. The molecule has 6 heteroatoms. The highest BCUT2D eigenvalue weighted by Crippen LogP contribution is 2.47. The van der Waals surface area contributed by atoms with Gasteiger partial charge in [0.25, 0.3) is 0 Å². The van der Waals surface area contributed by atoms with Crippen molar-refractivity contribution in [1.82, 2.24) is 14.5 Å². The molecule has 0 radical (unpaired) electrons.